The molecule has 0 unspecified atom stereocenters. The van der Waals surface area contributed by atoms with Gasteiger partial charge in [0.1, 0.15) is 0 Å². The number of urea groups is 1. The van der Waals surface area contributed by atoms with E-state index in [0.29, 0.717) is 6.54 Å². The predicted octanol–water partition coefficient (Wildman–Crippen LogP) is 3.18. The number of carbonyl (C=O) groups is 1. The van der Waals surface area contributed by atoms with Crippen molar-refractivity contribution in [3.8, 4) is 0 Å². The molecule has 1 aromatic rings. The highest BCUT2D eigenvalue weighted by atomic mass is 16.2. The van der Waals surface area contributed by atoms with Crippen LogP contribution in [0.2, 0.25) is 0 Å². The Kier molecular flexibility index (Phi) is 7.85. The van der Waals surface area contributed by atoms with E-state index < -0.39 is 0 Å². The summed E-state index contributed by atoms with van der Waals surface area (Å²) in [5, 5.41) is 2.86. The Bertz CT molecular complexity index is 319. The minimum atomic E-state index is -0.0296. The van der Waals surface area contributed by atoms with Gasteiger partial charge in [-0.3, -0.25) is 0 Å². The van der Waals surface area contributed by atoms with Crippen LogP contribution in [0.25, 0.3) is 0 Å². The first kappa shape index (κ1) is 15.5. The zero-order valence-electron chi connectivity index (χ0n) is 11.6. The number of benzene rings is 1. The van der Waals surface area contributed by atoms with Crippen LogP contribution in [0.5, 0.6) is 0 Å². The van der Waals surface area contributed by atoms with Gasteiger partial charge >= 0.3 is 6.03 Å². The molecule has 0 saturated heterocycles. The van der Waals surface area contributed by atoms with E-state index in [1.165, 1.54) is 5.56 Å². The predicted molar refractivity (Wildman–Crippen MR) is 73.1 cm³/mol. The van der Waals surface area contributed by atoms with Crippen molar-refractivity contribution in [2.45, 2.75) is 34.2 Å². The lowest BCUT2D eigenvalue weighted by Gasteiger charge is -2.15. The summed E-state index contributed by atoms with van der Waals surface area (Å²) in [5.41, 5.74) is 2.36. The quantitative estimate of drug-likeness (QED) is 0.859. The largest absolute Gasteiger partial charge is 0.334 e. The van der Waals surface area contributed by atoms with Gasteiger partial charge in [-0.05, 0) is 19.4 Å². The Labute approximate surface area is 105 Å². The van der Waals surface area contributed by atoms with Gasteiger partial charge in [0.05, 0.1) is 0 Å². The molecule has 0 atom stereocenters. The highest BCUT2D eigenvalue weighted by molar-refractivity contribution is 5.73. The molecule has 0 fully saturated rings. The van der Waals surface area contributed by atoms with Gasteiger partial charge in [0.15, 0.2) is 0 Å². The fourth-order valence-corrected chi connectivity index (χ4v) is 1.16. The third-order valence-electron chi connectivity index (χ3n) is 2.39. The molecule has 0 aliphatic heterocycles. The maximum atomic E-state index is 11.4. The summed E-state index contributed by atoms with van der Waals surface area (Å²) >= 11 is 0. The van der Waals surface area contributed by atoms with Gasteiger partial charge in [-0.15, -0.1) is 0 Å². The maximum Gasteiger partial charge on any atom is 0.317 e. The molecule has 1 rings (SSSR count). The van der Waals surface area contributed by atoms with Crippen LogP contribution >= 0.6 is 0 Å². The SMILES string of the molecule is CC.CCN(C)C(=O)NCc1ccc(C)cc1. The van der Waals surface area contributed by atoms with E-state index in [4.69, 9.17) is 0 Å². The molecule has 0 bridgehead atoms. The highest BCUT2D eigenvalue weighted by Gasteiger charge is 2.04. The number of rotatable bonds is 3. The zero-order chi connectivity index (χ0) is 13.3. The number of hydrogen-bond donors (Lipinski definition) is 1. The van der Waals surface area contributed by atoms with Crippen molar-refractivity contribution in [3.63, 3.8) is 0 Å². The standard InChI is InChI=1S/C12H18N2O.C2H6/c1-4-14(3)12(15)13-9-11-7-5-10(2)6-8-11;1-2/h5-8H,4,9H2,1-3H3,(H,13,15);1-2H3. The summed E-state index contributed by atoms with van der Waals surface area (Å²) in [4.78, 5) is 13.1. The molecule has 0 aromatic heterocycles. The minimum absolute atomic E-state index is 0.0296. The summed E-state index contributed by atoms with van der Waals surface area (Å²) in [7, 11) is 1.78. The Balaban J connectivity index is 0.00000121. The van der Waals surface area contributed by atoms with Crippen LogP contribution in [0.15, 0.2) is 24.3 Å². The molecule has 1 aromatic carbocycles. The van der Waals surface area contributed by atoms with Crippen LogP contribution in [0, 0.1) is 6.92 Å². The summed E-state index contributed by atoms with van der Waals surface area (Å²) in [6.45, 7) is 9.31. The first-order chi connectivity index (χ1) is 8.13. The van der Waals surface area contributed by atoms with Crippen molar-refractivity contribution in [3.05, 3.63) is 35.4 Å². The average Bonchev–Trinajstić information content (AvgIpc) is 2.39. The summed E-state index contributed by atoms with van der Waals surface area (Å²) in [5.74, 6) is 0. The van der Waals surface area contributed by atoms with Crippen LogP contribution in [0.3, 0.4) is 0 Å². The van der Waals surface area contributed by atoms with Crippen LogP contribution in [-0.2, 0) is 6.54 Å². The Hall–Kier alpha value is -1.51. The van der Waals surface area contributed by atoms with Crippen LogP contribution < -0.4 is 5.32 Å². The van der Waals surface area contributed by atoms with Crippen LogP contribution in [0.4, 0.5) is 4.79 Å². The van der Waals surface area contributed by atoms with E-state index in [2.05, 4.69) is 5.32 Å². The Morgan fingerprint density at radius 3 is 2.24 bits per heavy atom. The lowest BCUT2D eigenvalue weighted by atomic mass is 10.1. The molecule has 0 heterocycles. The molecule has 0 aliphatic rings. The van der Waals surface area contributed by atoms with Crippen molar-refractivity contribution in [2.24, 2.45) is 0 Å². The smallest absolute Gasteiger partial charge is 0.317 e. The first-order valence-electron chi connectivity index (χ1n) is 6.18. The van der Waals surface area contributed by atoms with E-state index in [1.807, 2.05) is 52.0 Å². The molecule has 3 nitrogen and oxygen atoms in total. The molecule has 0 spiro atoms. The minimum Gasteiger partial charge on any atom is -0.334 e. The fraction of sp³-hybridized carbons (Fsp3) is 0.500. The van der Waals surface area contributed by atoms with Gasteiger partial charge < -0.3 is 10.2 Å². The van der Waals surface area contributed by atoms with E-state index in [-0.39, 0.29) is 6.03 Å². The monoisotopic (exact) mass is 236 g/mol. The van der Waals surface area contributed by atoms with Gasteiger partial charge in [-0.1, -0.05) is 43.7 Å². The van der Waals surface area contributed by atoms with Crippen molar-refractivity contribution in [1.29, 1.82) is 0 Å². The number of nitrogens with zero attached hydrogens (tertiary/aromatic N) is 1. The van der Waals surface area contributed by atoms with Crippen molar-refractivity contribution in [1.82, 2.24) is 10.2 Å². The maximum absolute atomic E-state index is 11.4. The molecule has 2 amide bonds. The van der Waals surface area contributed by atoms with Crippen LogP contribution in [0.1, 0.15) is 31.9 Å². The normalized spacial score (nSPS) is 9.00. The van der Waals surface area contributed by atoms with Crippen LogP contribution in [-0.4, -0.2) is 24.5 Å². The molecular formula is C14H24N2O. The lowest BCUT2D eigenvalue weighted by molar-refractivity contribution is 0.210. The van der Waals surface area contributed by atoms with Gasteiger partial charge in [0.25, 0.3) is 0 Å². The lowest BCUT2D eigenvalue weighted by Crippen LogP contribution is -2.36. The fourth-order valence-electron chi connectivity index (χ4n) is 1.16. The highest BCUT2D eigenvalue weighted by Crippen LogP contribution is 2.02. The number of nitrogens with one attached hydrogen (secondary N) is 1. The molecule has 0 radical (unpaired) electrons. The van der Waals surface area contributed by atoms with Gasteiger partial charge in [-0.25, -0.2) is 4.79 Å². The molecule has 0 aliphatic carbocycles. The third-order valence-corrected chi connectivity index (χ3v) is 2.39. The molecule has 0 saturated carbocycles. The van der Waals surface area contributed by atoms with E-state index in [9.17, 15) is 4.79 Å². The number of carbonyl (C=O) groups excluding carboxylic acids is 1. The second-order valence-corrected chi connectivity index (χ2v) is 3.66. The number of aryl methyl sites for hydroxylation is 1. The topological polar surface area (TPSA) is 32.3 Å². The van der Waals surface area contributed by atoms with E-state index in [0.717, 1.165) is 12.1 Å². The van der Waals surface area contributed by atoms with Crippen molar-refractivity contribution < 1.29 is 4.79 Å². The van der Waals surface area contributed by atoms with Crippen molar-refractivity contribution in [2.75, 3.05) is 13.6 Å². The first-order valence-corrected chi connectivity index (χ1v) is 6.18. The molecule has 17 heavy (non-hydrogen) atoms. The molecule has 1 N–H and O–H groups in total. The summed E-state index contributed by atoms with van der Waals surface area (Å²) in [6, 6.07) is 8.12. The van der Waals surface area contributed by atoms with Gasteiger partial charge in [0, 0.05) is 20.1 Å². The Morgan fingerprint density at radius 2 is 1.76 bits per heavy atom. The Morgan fingerprint density at radius 1 is 1.24 bits per heavy atom. The summed E-state index contributed by atoms with van der Waals surface area (Å²) < 4.78 is 0. The van der Waals surface area contributed by atoms with Crippen molar-refractivity contribution >= 4 is 6.03 Å². The second-order valence-electron chi connectivity index (χ2n) is 3.66. The summed E-state index contributed by atoms with van der Waals surface area (Å²) in [6.07, 6.45) is 0. The van der Waals surface area contributed by atoms with Gasteiger partial charge in [-0.2, -0.15) is 0 Å². The zero-order valence-corrected chi connectivity index (χ0v) is 11.6. The molecule has 3 heteroatoms. The third kappa shape index (κ3) is 5.95. The van der Waals surface area contributed by atoms with Gasteiger partial charge in [0.2, 0.25) is 0 Å². The van der Waals surface area contributed by atoms with E-state index >= 15 is 0 Å². The average molecular weight is 236 g/mol. The number of hydrogen-bond acceptors (Lipinski definition) is 1. The molecule has 96 valence electrons. The number of amides is 2. The van der Waals surface area contributed by atoms with E-state index in [1.54, 1.807) is 11.9 Å². The second kappa shape index (κ2) is 8.62. The molecular weight excluding hydrogens is 212 g/mol.